The Morgan fingerprint density at radius 3 is 2.83 bits per heavy atom. The summed E-state index contributed by atoms with van der Waals surface area (Å²) in [6.07, 6.45) is 7.84. The van der Waals surface area contributed by atoms with Crippen molar-refractivity contribution >= 4 is 5.78 Å². The molecular formula is C11H20O. The molecule has 1 atom stereocenters. The van der Waals surface area contributed by atoms with Crippen molar-refractivity contribution in [3.8, 4) is 0 Å². The number of carbonyl (C=O) groups excluding carboxylic acids is 1. The van der Waals surface area contributed by atoms with Gasteiger partial charge in [0.25, 0.3) is 0 Å². The van der Waals surface area contributed by atoms with Crippen molar-refractivity contribution in [3.05, 3.63) is 0 Å². The summed E-state index contributed by atoms with van der Waals surface area (Å²) in [5.74, 6) is 0.486. The van der Waals surface area contributed by atoms with E-state index in [0.29, 0.717) is 11.2 Å². The summed E-state index contributed by atoms with van der Waals surface area (Å²) in [4.78, 5) is 11.2. The highest BCUT2D eigenvalue weighted by molar-refractivity contribution is 5.79. The summed E-state index contributed by atoms with van der Waals surface area (Å²) in [7, 11) is 0. The molecule has 0 aromatic carbocycles. The van der Waals surface area contributed by atoms with Crippen molar-refractivity contribution in [1.82, 2.24) is 0 Å². The van der Waals surface area contributed by atoms with Crippen LogP contribution in [0.3, 0.4) is 0 Å². The lowest BCUT2D eigenvalue weighted by Gasteiger charge is -2.32. The molecule has 0 heterocycles. The molecule has 1 nitrogen and oxygen atoms in total. The van der Waals surface area contributed by atoms with E-state index in [1.807, 2.05) is 0 Å². The number of rotatable bonds is 3. The predicted molar refractivity (Wildman–Crippen MR) is 51.1 cm³/mol. The van der Waals surface area contributed by atoms with Crippen molar-refractivity contribution < 1.29 is 4.79 Å². The lowest BCUT2D eigenvalue weighted by atomic mass is 9.72. The first-order valence-corrected chi connectivity index (χ1v) is 5.18. The standard InChI is InChI=1S/C11H20O/c1-3-4-7-11(2)8-5-6-10(12)9-11/h3-9H2,1-2H3. The zero-order valence-electron chi connectivity index (χ0n) is 8.36. The maximum Gasteiger partial charge on any atom is 0.133 e. The monoisotopic (exact) mass is 168 g/mol. The van der Waals surface area contributed by atoms with Crippen molar-refractivity contribution in [2.45, 2.75) is 58.8 Å². The van der Waals surface area contributed by atoms with Crippen LogP contribution in [0.15, 0.2) is 0 Å². The molecule has 0 radical (unpaired) electrons. The van der Waals surface area contributed by atoms with Gasteiger partial charge in [-0.1, -0.05) is 26.7 Å². The van der Waals surface area contributed by atoms with Crippen LogP contribution < -0.4 is 0 Å². The van der Waals surface area contributed by atoms with Gasteiger partial charge in [0.05, 0.1) is 0 Å². The molecule has 12 heavy (non-hydrogen) atoms. The first kappa shape index (κ1) is 9.76. The molecule has 0 aromatic rings. The fourth-order valence-corrected chi connectivity index (χ4v) is 2.18. The second-order valence-corrected chi connectivity index (χ2v) is 4.48. The molecule has 1 unspecified atom stereocenters. The first-order chi connectivity index (χ1) is 5.66. The van der Waals surface area contributed by atoms with Crippen LogP contribution in [0.1, 0.15) is 58.8 Å². The fourth-order valence-electron chi connectivity index (χ4n) is 2.18. The molecule has 1 fully saturated rings. The Hall–Kier alpha value is -0.330. The van der Waals surface area contributed by atoms with Gasteiger partial charge >= 0.3 is 0 Å². The largest absolute Gasteiger partial charge is 0.300 e. The molecule has 0 spiro atoms. The molecule has 70 valence electrons. The highest BCUT2D eigenvalue weighted by Crippen LogP contribution is 2.38. The number of Topliss-reactive ketones (excluding diaryl/α,β-unsaturated/α-hetero) is 1. The lowest BCUT2D eigenvalue weighted by molar-refractivity contribution is -0.123. The lowest BCUT2D eigenvalue weighted by Crippen LogP contribution is -2.25. The molecule has 1 aliphatic rings. The van der Waals surface area contributed by atoms with Crippen molar-refractivity contribution in [3.63, 3.8) is 0 Å². The van der Waals surface area contributed by atoms with Gasteiger partial charge < -0.3 is 0 Å². The highest BCUT2D eigenvalue weighted by atomic mass is 16.1. The number of hydrogen-bond acceptors (Lipinski definition) is 1. The van der Waals surface area contributed by atoms with E-state index in [4.69, 9.17) is 0 Å². The van der Waals surface area contributed by atoms with Crippen LogP contribution in [0.5, 0.6) is 0 Å². The second kappa shape index (κ2) is 4.06. The van der Waals surface area contributed by atoms with Crippen molar-refractivity contribution in [2.24, 2.45) is 5.41 Å². The zero-order chi connectivity index (χ0) is 9.03. The molecule has 0 bridgehead atoms. The van der Waals surface area contributed by atoms with E-state index >= 15 is 0 Å². The molecule has 1 rings (SSSR count). The van der Waals surface area contributed by atoms with E-state index in [9.17, 15) is 4.79 Å². The van der Waals surface area contributed by atoms with Gasteiger partial charge in [-0.2, -0.15) is 0 Å². The molecule has 0 saturated heterocycles. The van der Waals surface area contributed by atoms with Gasteiger partial charge in [0.2, 0.25) is 0 Å². The van der Waals surface area contributed by atoms with E-state index in [1.54, 1.807) is 0 Å². The molecule has 1 aliphatic carbocycles. The van der Waals surface area contributed by atoms with Crippen LogP contribution in [0.25, 0.3) is 0 Å². The Labute approximate surface area is 75.5 Å². The maximum atomic E-state index is 11.2. The Morgan fingerprint density at radius 1 is 1.50 bits per heavy atom. The predicted octanol–water partition coefficient (Wildman–Crippen LogP) is 3.33. The maximum absolute atomic E-state index is 11.2. The summed E-state index contributed by atoms with van der Waals surface area (Å²) in [5.41, 5.74) is 0.353. The minimum atomic E-state index is 0.353. The molecule has 0 aliphatic heterocycles. The van der Waals surface area contributed by atoms with Gasteiger partial charge in [0.1, 0.15) is 5.78 Å². The third kappa shape index (κ3) is 2.62. The van der Waals surface area contributed by atoms with Gasteiger partial charge in [-0.25, -0.2) is 0 Å². The van der Waals surface area contributed by atoms with E-state index in [0.717, 1.165) is 19.3 Å². The molecular weight excluding hydrogens is 148 g/mol. The van der Waals surface area contributed by atoms with Gasteiger partial charge in [0, 0.05) is 12.8 Å². The summed E-state index contributed by atoms with van der Waals surface area (Å²) in [5, 5.41) is 0. The molecule has 0 amide bonds. The second-order valence-electron chi connectivity index (χ2n) is 4.48. The normalized spacial score (nSPS) is 30.7. The number of unbranched alkanes of at least 4 members (excludes halogenated alkanes) is 1. The van der Waals surface area contributed by atoms with Gasteiger partial charge in [-0.05, 0) is 24.7 Å². The van der Waals surface area contributed by atoms with E-state index in [2.05, 4.69) is 13.8 Å². The topological polar surface area (TPSA) is 17.1 Å². The molecule has 1 saturated carbocycles. The Bertz CT molecular complexity index is 162. The molecule has 0 N–H and O–H groups in total. The third-order valence-electron chi connectivity index (χ3n) is 2.99. The minimum absolute atomic E-state index is 0.353. The molecule has 1 heteroatoms. The minimum Gasteiger partial charge on any atom is -0.300 e. The van der Waals surface area contributed by atoms with Crippen LogP contribution in [0.2, 0.25) is 0 Å². The first-order valence-electron chi connectivity index (χ1n) is 5.18. The third-order valence-corrected chi connectivity index (χ3v) is 2.99. The summed E-state index contributed by atoms with van der Waals surface area (Å²) in [6, 6.07) is 0. The summed E-state index contributed by atoms with van der Waals surface area (Å²) in [6.45, 7) is 4.49. The smallest absolute Gasteiger partial charge is 0.133 e. The van der Waals surface area contributed by atoms with Crippen LogP contribution in [0, 0.1) is 5.41 Å². The zero-order valence-corrected chi connectivity index (χ0v) is 8.36. The summed E-state index contributed by atoms with van der Waals surface area (Å²) >= 11 is 0. The van der Waals surface area contributed by atoms with E-state index in [1.165, 1.54) is 25.7 Å². The fraction of sp³-hybridized carbons (Fsp3) is 0.909. The van der Waals surface area contributed by atoms with E-state index in [-0.39, 0.29) is 0 Å². The average molecular weight is 168 g/mol. The van der Waals surface area contributed by atoms with Gasteiger partial charge in [-0.3, -0.25) is 4.79 Å². The number of carbonyl (C=O) groups is 1. The number of hydrogen-bond donors (Lipinski definition) is 0. The van der Waals surface area contributed by atoms with Gasteiger partial charge in [0.15, 0.2) is 0 Å². The van der Waals surface area contributed by atoms with Crippen LogP contribution in [-0.4, -0.2) is 5.78 Å². The highest BCUT2D eigenvalue weighted by Gasteiger charge is 2.29. The Kier molecular flexibility index (Phi) is 3.30. The van der Waals surface area contributed by atoms with Crippen molar-refractivity contribution in [1.29, 1.82) is 0 Å². The quantitative estimate of drug-likeness (QED) is 0.631. The number of ketones is 1. The van der Waals surface area contributed by atoms with Crippen LogP contribution in [-0.2, 0) is 4.79 Å². The van der Waals surface area contributed by atoms with E-state index < -0.39 is 0 Å². The SMILES string of the molecule is CCCCC1(C)CCCC(=O)C1. The Balaban J connectivity index is 2.40. The van der Waals surface area contributed by atoms with Crippen LogP contribution >= 0.6 is 0 Å². The van der Waals surface area contributed by atoms with Crippen molar-refractivity contribution in [2.75, 3.05) is 0 Å². The summed E-state index contributed by atoms with van der Waals surface area (Å²) < 4.78 is 0. The average Bonchev–Trinajstić information content (AvgIpc) is 2.01. The van der Waals surface area contributed by atoms with Gasteiger partial charge in [-0.15, -0.1) is 0 Å². The van der Waals surface area contributed by atoms with Crippen LogP contribution in [0.4, 0.5) is 0 Å². The Morgan fingerprint density at radius 2 is 2.25 bits per heavy atom. The molecule has 0 aromatic heterocycles.